The molecule has 0 saturated carbocycles. The summed E-state index contributed by atoms with van der Waals surface area (Å²) in [6.45, 7) is 0. The lowest BCUT2D eigenvalue weighted by Crippen LogP contribution is -2.07. The molecule has 0 bridgehead atoms. The first-order valence-electron chi connectivity index (χ1n) is 3.56. The number of hydrogen-bond donors (Lipinski definition) is 0. The topological polar surface area (TPSA) is 18.5 Å². The van der Waals surface area contributed by atoms with Crippen LogP contribution >= 0.6 is 34.8 Å². The van der Waals surface area contributed by atoms with Crippen molar-refractivity contribution in [2.24, 2.45) is 0 Å². The Morgan fingerprint density at radius 1 is 1.15 bits per heavy atom. The zero-order valence-corrected chi connectivity index (χ0v) is 8.60. The van der Waals surface area contributed by atoms with E-state index in [0.717, 1.165) is 5.56 Å². The van der Waals surface area contributed by atoms with Crippen LogP contribution in [0.2, 0.25) is 0 Å². The third-order valence-corrected chi connectivity index (χ3v) is 2.34. The lowest BCUT2D eigenvalue weighted by molar-refractivity contribution is 0.128. The number of fused-ring (bicyclic) bond motifs is 1. The Bertz CT molecular complexity index is 327. The molecule has 1 aliphatic rings. The largest absolute Gasteiger partial charge is 0.438 e. The van der Waals surface area contributed by atoms with Crippen molar-refractivity contribution in [2.45, 2.75) is 10.6 Å². The fourth-order valence-corrected chi connectivity index (χ4v) is 1.54. The quantitative estimate of drug-likeness (QED) is 0.699. The second kappa shape index (κ2) is 3.45. The summed E-state index contributed by atoms with van der Waals surface area (Å²) in [6, 6.07) is 5.20. The molecule has 1 atom stereocenters. The molecule has 2 nitrogen and oxygen atoms in total. The van der Waals surface area contributed by atoms with Crippen LogP contribution in [0.1, 0.15) is 10.4 Å². The van der Waals surface area contributed by atoms with Gasteiger partial charge in [0.15, 0.2) is 11.5 Å². The summed E-state index contributed by atoms with van der Waals surface area (Å²) >= 11 is 17.0. The molecule has 1 unspecified atom stereocenters. The summed E-state index contributed by atoms with van der Waals surface area (Å²) in [5.74, 6) is 0.427. The molecule has 0 aromatic heterocycles. The summed E-state index contributed by atoms with van der Waals surface area (Å²) in [6.07, 6.45) is 0. The van der Waals surface area contributed by atoms with Crippen LogP contribution in [-0.2, 0) is 0 Å². The van der Waals surface area contributed by atoms with Crippen molar-refractivity contribution in [1.82, 2.24) is 0 Å². The minimum absolute atomic E-state index is 0.566. The second-order valence-corrected chi connectivity index (χ2v) is 3.97. The average Bonchev–Trinajstić information content (AvgIpc) is 2.42. The van der Waals surface area contributed by atoms with Crippen molar-refractivity contribution in [3.63, 3.8) is 0 Å². The van der Waals surface area contributed by atoms with E-state index in [1.54, 1.807) is 18.2 Å². The minimum Gasteiger partial charge on any atom is -0.438 e. The second-order valence-electron chi connectivity index (χ2n) is 2.52. The number of hydrogen-bond acceptors (Lipinski definition) is 2. The van der Waals surface area contributed by atoms with Crippen molar-refractivity contribution in [3.8, 4) is 11.5 Å². The van der Waals surface area contributed by atoms with Crippen LogP contribution in [0.5, 0.6) is 11.5 Å². The Labute approximate surface area is 90.3 Å². The fourth-order valence-electron chi connectivity index (χ4n) is 1.07. The van der Waals surface area contributed by atoms with Gasteiger partial charge in [-0.05, 0) is 29.3 Å². The van der Waals surface area contributed by atoms with Crippen molar-refractivity contribution in [1.29, 1.82) is 0 Å². The van der Waals surface area contributed by atoms with Gasteiger partial charge in [-0.3, -0.25) is 0 Å². The van der Waals surface area contributed by atoms with Crippen molar-refractivity contribution in [3.05, 3.63) is 23.8 Å². The number of benzene rings is 1. The molecular weight excluding hydrogens is 234 g/mol. The molecule has 1 aromatic carbocycles. The molecule has 0 aliphatic carbocycles. The fraction of sp³-hybridized carbons (Fsp3) is 0.250. The smallest absolute Gasteiger partial charge is 0.322 e. The van der Waals surface area contributed by atoms with Gasteiger partial charge in [-0.25, -0.2) is 0 Å². The Hall–Kier alpha value is -0.310. The van der Waals surface area contributed by atoms with Gasteiger partial charge in [0, 0.05) is 0 Å². The van der Waals surface area contributed by atoms with E-state index in [9.17, 15) is 0 Å². The molecule has 0 amide bonds. The van der Waals surface area contributed by atoms with Crippen LogP contribution in [0.3, 0.4) is 0 Å². The number of rotatable bonds is 1. The molecular formula is C8H5Cl3O2. The lowest BCUT2D eigenvalue weighted by Gasteiger charge is -2.01. The summed E-state index contributed by atoms with van der Waals surface area (Å²) in [7, 11) is 0. The van der Waals surface area contributed by atoms with Crippen LogP contribution in [-0.4, -0.2) is 5.75 Å². The summed E-state index contributed by atoms with van der Waals surface area (Å²) in [4.78, 5) is -0.566. The highest BCUT2D eigenvalue weighted by atomic mass is 35.5. The Morgan fingerprint density at radius 2 is 1.85 bits per heavy atom. The van der Waals surface area contributed by atoms with Gasteiger partial charge in [0.2, 0.25) is 0 Å². The molecule has 0 radical (unpaired) electrons. The standard InChI is InChI=1S/C8H5Cl3O2/c9-7(10)4-1-2-5-6(3-4)13-8(11)12-5/h1-3,7-8H. The molecule has 1 aliphatic heterocycles. The highest BCUT2D eigenvalue weighted by molar-refractivity contribution is 6.44. The Kier molecular flexibility index (Phi) is 2.45. The van der Waals surface area contributed by atoms with Crippen LogP contribution in [0.15, 0.2) is 18.2 Å². The molecule has 0 N–H and O–H groups in total. The van der Waals surface area contributed by atoms with Crippen LogP contribution < -0.4 is 9.47 Å². The Balaban J connectivity index is 2.35. The SMILES string of the molecule is ClC1Oc2ccc(C(Cl)Cl)cc2O1. The molecule has 1 aromatic rings. The summed E-state index contributed by atoms with van der Waals surface area (Å²) in [5.41, 5.74) is 0.761. The molecule has 13 heavy (non-hydrogen) atoms. The first kappa shape index (κ1) is 9.25. The van der Waals surface area contributed by atoms with Gasteiger partial charge in [0.1, 0.15) is 4.84 Å². The van der Waals surface area contributed by atoms with Crippen molar-refractivity contribution < 1.29 is 9.47 Å². The molecule has 0 spiro atoms. The molecule has 1 heterocycles. The van der Waals surface area contributed by atoms with Gasteiger partial charge in [0.25, 0.3) is 0 Å². The van der Waals surface area contributed by atoms with Gasteiger partial charge in [-0.15, -0.1) is 23.2 Å². The number of ether oxygens (including phenoxy) is 2. The molecule has 2 rings (SSSR count). The zero-order chi connectivity index (χ0) is 9.42. The summed E-state index contributed by atoms with van der Waals surface area (Å²) < 4.78 is 10.2. The van der Waals surface area contributed by atoms with E-state index < -0.39 is 10.6 Å². The van der Waals surface area contributed by atoms with E-state index in [1.807, 2.05) is 0 Å². The van der Waals surface area contributed by atoms with E-state index >= 15 is 0 Å². The average molecular weight is 239 g/mol. The van der Waals surface area contributed by atoms with E-state index in [-0.39, 0.29) is 0 Å². The third kappa shape index (κ3) is 1.80. The number of alkyl halides is 3. The minimum atomic E-state index is -0.755. The lowest BCUT2D eigenvalue weighted by atomic mass is 10.2. The number of halogens is 3. The van der Waals surface area contributed by atoms with Gasteiger partial charge in [-0.2, -0.15) is 0 Å². The van der Waals surface area contributed by atoms with Crippen molar-refractivity contribution in [2.75, 3.05) is 0 Å². The highest BCUT2D eigenvalue weighted by Gasteiger charge is 2.22. The highest BCUT2D eigenvalue weighted by Crippen LogP contribution is 2.39. The zero-order valence-electron chi connectivity index (χ0n) is 6.34. The molecule has 5 heteroatoms. The maximum absolute atomic E-state index is 5.68. The van der Waals surface area contributed by atoms with Gasteiger partial charge >= 0.3 is 5.75 Å². The van der Waals surface area contributed by atoms with Crippen LogP contribution in [0, 0.1) is 0 Å². The Morgan fingerprint density at radius 3 is 2.54 bits per heavy atom. The van der Waals surface area contributed by atoms with Crippen LogP contribution in [0.25, 0.3) is 0 Å². The maximum atomic E-state index is 5.68. The molecule has 70 valence electrons. The normalized spacial score (nSPS) is 19.5. The monoisotopic (exact) mass is 238 g/mol. The maximum Gasteiger partial charge on any atom is 0.322 e. The van der Waals surface area contributed by atoms with Gasteiger partial charge in [-0.1, -0.05) is 6.07 Å². The van der Waals surface area contributed by atoms with E-state index in [1.165, 1.54) is 0 Å². The van der Waals surface area contributed by atoms with Crippen molar-refractivity contribution >= 4 is 34.8 Å². The predicted molar refractivity (Wildman–Crippen MR) is 51.8 cm³/mol. The van der Waals surface area contributed by atoms with Crippen LogP contribution in [0.4, 0.5) is 0 Å². The van der Waals surface area contributed by atoms with Gasteiger partial charge < -0.3 is 9.47 Å². The molecule has 0 fully saturated rings. The first-order valence-corrected chi connectivity index (χ1v) is 4.87. The predicted octanol–water partition coefficient (Wildman–Crippen LogP) is 3.46. The summed E-state index contributed by atoms with van der Waals surface area (Å²) in [5, 5.41) is 0. The van der Waals surface area contributed by atoms with Gasteiger partial charge in [0.05, 0.1) is 0 Å². The van der Waals surface area contributed by atoms with E-state index in [4.69, 9.17) is 44.3 Å². The third-order valence-electron chi connectivity index (χ3n) is 1.66. The van der Waals surface area contributed by atoms with E-state index in [2.05, 4.69) is 0 Å². The van der Waals surface area contributed by atoms with E-state index in [0.29, 0.717) is 11.5 Å². The molecule has 0 saturated heterocycles. The first-order chi connectivity index (χ1) is 6.16.